The van der Waals surface area contributed by atoms with Gasteiger partial charge in [-0.2, -0.15) is 0 Å². The molecule has 9 heteroatoms. The minimum absolute atomic E-state index is 0.213. The van der Waals surface area contributed by atoms with Crippen LogP contribution < -0.4 is 10.6 Å². The quantitative estimate of drug-likeness (QED) is 0.249. The van der Waals surface area contributed by atoms with Crippen LogP contribution in [0, 0.1) is 0 Å². The van der Waals surface area contributed by atoms with Gasteiger partial charge in [-0.15, -0.1) is 0 Å². The molecule has 0 saturated heterocycles. The summed E-state index contributed by atoms with van der Waals surface area (Å²) in [7, 11) is 0. The average Bonchev–Trinajstić information content (AvgIpc) is 3.48. The van der Waals surface area contributed by atoms with Crippen LogP contribution in [0.5, 0.6) is 0 Å². The van der Waals surface area contributed by atoms with Gasteiger partial charge in [-0.3, -0.25) is 14.5 Å². The number of aliphatic hydroxyl groups is 1. The number of nitrogens with one attached hydrogen (secondary N) is 2. The first-order chi connectivity index (χ1) is 17.5. The van der Waals surface area contributed by atoms with Crippen LogP contribution in [0.4, 0.5) is 11.4 Å². The van der Waals surface area contributed by atoms with Gasteiger partial charge in [-0.25, -0.2) is 0 Å². The number of carbonyl (C=O) groups is 2. The Hall–Kier alpha value is -3.95. The molecule has 1 unspecified atom stereocenters. The number of nitrogens with zero attached hydrogens (tertiary/aromatic N) is 2. The van der Waals surface area contributed by atoms with Crippen molar-refractivity contribution in [3.63, 3.8) is 0 Å². The summed E-state index contributed by atoms with van der Waals surface area (Å²) in [6, 6.07) is 20.3. The molecule has 0 saturated carbocycles. The molecule has 8 nitrogen and oxygen atoms in total. The molecule has 1 atom stereocenters. The van der Waals surface area contributed by atoms with E-state index < -0.39 is 6.23 Å². The lowest BCUT2D eigenvalue weighted by Crippen LogP contribution is -2.31. The van der Waals surface area contributed by atoms with Gasteiger partial charge in [-0.05, 0) is 36.4 Å². The molecule has 2 amide bonds. The van der Waals surface area contributed by atoms with Gasteiger partial charge in [0.1, 0.15) is 12.3 Å². The Morgan fingerprint density at radius 2 is 1.61 bits per heavy atom. The Morgan fingerprint density at radius 1 is 0.917 bits per heavy atom. The molecule has 0 spiro atoms. The number of imide groups is 1. The third-order valence-corrected chi connectivity index (χ3v) is 6.93. The van der Waals surface area contributed by atoms with Crippen molar-refractivity contribution < 1.29 is 19.5 Å². The van der Waals surface area contributed by atoms with E-state index in [2.05, 4.69) is 31.7 Å². The van der Waals surface area contributed by atoms with Crippen molar-refractivity contribution in [3.8, 4) is 0 Å². The summed E-state index contributed by atoms with van der Waals surface area (Å²) in [6.45, 7) is 0.453. The zero-order valence-corrected chi connectivity index (χ0v) is 20.6. The number of para-hydroxylation sites is 1. The summed E-state index contributed by atoms with van der Waals surface area (Å²) >= 11 is 3.51. The molecule has 0 aliphatic carbocycles. The molecule has 0 radical (unpaired) electrons. The standard InChI is InChI=1S/C27H21BrN4O4/c28-15-10-11-21-19(14-15)22(25(33)30-21)24-23(18-8-3-4-9-20(18)29-24)31-36-13-5-12-32-26(34)16-6-1-2-7-17(16)27(32)35/h1-4,6-11,14,25,29-30,33H,5,12-13H2/b24-22-,31-23+. The molecule has 3 aromatic rings. The highest BCUT2D eigenvalue weighted by Crippen LogP contribution is 2.41. The zero-order valence-electron chi connectivity index (χ0n) is 19.0. The number of anilines is 2. The predicted octanol–water partition coefficient (Wildman–Crippen LogP) is 4.44. The third kappa shape index (κ3) is 3.68. The van der Waals surface area contributed by atoms with Crippen LogP contribution >= 0.6 is 15.9 Å². The molecule has 3 aliphatic rings. The second-order valence-corrected chi connectivity index (χ2v) is 9.55. The van der Waals surface area contributed by atoms with E-state index in [4.69, 9.17) is 4.84 Å². The maximum absolute atomic E-state index is 12.6. The Kier molecular flexibility index (Phi) is 5.58. The summed E-state index contributed by atoms with van der Waals surface area (Å²) in [5.74, 6) is -0.564. The second-order valence-electron chi connectivity index (χ2n) is 8.63. The summed E-state index contributed by atoms with van der Waals surface area (Å²) in [6.07, 6.45) is -0.478. The summed E-state index contributed by atoms with van der Waals surface area (Å²) in [5, 5.41) is 21.7. The van der Waals surface area contributed by atoms with Gasteiger partial charge >= 0.3 is 0 Å². The summed E-state index contributed by atoms with van der Waals surface area (Å²) in [5.41, 5.74) is 6.20. The molecular weight excluding hydrogens is 524 g/mol. The van der Waals surface area contributed by atoms with Crippen LogP contribution in [-0.4, -0.2) is 46.9 Å². The summed E-state index contributed by atoms with van der Waals surface area (Å²) in [4.78, 5) is 32.0. The molecule has 0 fully saturated rings. The van der Waals surface area contributed by atoms with Crippen molar-refractivity contribution in [2.45, 2.75) is 12.6 Å². The van der Waals surface area contributed by atoms with Crippen molar-refractivity contribution in [2.75, 3.05) is 23.8 Å². The van der Waals surface area contributed by atoms with Crippen LogP contribution in [0.15, 0.2) is 82.1 Å². The van der Waals surface area contributed by atoms with Crippen LogP contribution in [-0.2, 0) is 4.84 Å². The first-order valence-electron chi connectivity index (χ1n) is 11.5. The number of benzene rings is 3. The minimum atomic E-state index is -0.912. The van der Waals surface area contributed by atoms with Crippen molar-refractivity contribution >= 4 is 50.4 Å². The van der Waals surface area contributed by atoms with Gasteiger partial charge in [0.15, 0.2) is 6.23 Å². The maximum atomic E-state index is 12.6. The molecule has 3 N–H and O–H groups in total. The number of aliphatic hydroxyl groups excluding tert-OH is 1. The number of carbonyl (C=O) groups excluding carboxylic acids is 2. The maximum Gasteiger partial charge on any atom is 0.261 e. The molecule has 3 aliphatic heterocycles. The third-order valence-electron chi connectivity index (χ3n) is 6.44. The Balaban J connectivity index is 1.22. The lowest BCUT2D eigenvalue weighted by atomic mass is 10.0. The van der Waals surface area contributed by atoms with E-state index in [1.54, 1.807) is 24.3 Å². The highest BCUT2D eigenvalue weighted by atomic mass is 79.9. The first-order valence-corrected chi connectivity index (χ1v) is 12.3. The van der Waals surface area contributed by atoms with Gasteiger partial charge in [0.2, 0.25) is 0 Å². The van der Waals surface area contributed by atoms with E-state index in [-0.39, 0.29) is 25.0 Å². The molecule has 3 heterocycles. The van der Waals surface area contributed by atoms with Gasteiger partial charge in [0.05, 0.1) is 16.8 Å². The van der Waals surface area contributed by atoms with Crippen molar-refractivity contribution in [1.29, 1.82) is 0 Å². The van der Waals surface area contributed by atoms with Crippen molar-refractivity contribution in [1.82, 2.24) is 4.90 Å². The van der Waals surface area contributed by atoms with E-state index in [9.17, 15) is 14.7 Å². The molecule has 3 aromatic carbocycles. The van der Waals surface area contributed by atoms with Gasteiger partial charge in [0, 0.05) is 45.5 Å². The second kappa shape index (κ2) is 8.92. The number of rotatable bonds is 5. The fraction of sp³-hybridized carbons (Fsp3) is 0.148. The van der Waals surface area contributed by atoms with E-state index in [0.717, 1.165) is 27.0 Å². The Morgan fingerprint density at radius 3 is 2.36 bits per heavy atom. The normalized spacial score (nSPS) is 20.8. The number of allylic oxidation sites excluding steroid dienone is 1. The molecule has 36 heavy (non-hydrogen) atoms. The summed E-state index contributed by atoms with van der Waals surface area (Å²) < 4.78 is 0.897. The fourth-order valence-electron chi connectivity index (χ4n) is 4.76. The number of hydrogen-bond donors (Lipinski definition) is 3. The van der Waals surface area contributed by atoms with E-state index in [0.29, 0.717) is 34.5 Å². The van der Waals surface area contributed by atoms with Crippen molar-refractivity contribution in [3.05, 3.63) is 99.2 Å². The minimum Gasteiger partial charge on any atom is -0.395 e. The predicted molar refractivity (Wildman–Crippen MR) is 140 cm³/mol. The van der Waals surface area contributed by atoms with E-state index >= 15 is 0 Å². The number of halogens is 1. The smallest absolute Gasteiger partial charge is 0.261 e. The SMILES string of the molecule is O=C1c2ccccc2C(=O)N1CCCO/N=C1/C(=C2\c3cc(Br)ccc3NC2O)Nc2ccccc21. The molecule has 6 rings (SSSR count). The topological polar surface area (TPSA) is 103 Å². The largest absolute Gasteiger partial charge is 0.395 e. The molecule has 180 valence electrons. The number of oxime groups is 1. The fourth-order valence-corrected chi connectivity index (χ4v) is 5.12. The van der Waals surface area contributed by atoms with Gasteiger partial charge in [-0.1, -0.05) is 51.4 Å². The van der Waals surface area contributed by atoms with Gasteiger partial charge in [0.25, 0.3) is 11.8 Å². The Labute approximate surface area is 215 Å². The van der Waals surface area contributed by atoms with Gasteiger partial charge < -0.3 is 20.6 Å². The van der Waals surface area contributed by atoms with Crippen LogP contribution in [0.3, 0.4) is 0 Å². The van der Waals surface area contributed by atoms with E-state index in [1.165, 1.54) is 4.90 Å². The number of amides is 2. The molecular formula is C27H21BrN4O4. The lowest BCUT2D eigenvalue weighted by molar-refractivity contribution is 0.0628. The monoisotopic (exact) mass is 544 g/mol. The van der Waals surface area contributed by atoms with Crippen molar-refractivity contribution in [2.24, 2.45) is 5.16 Å². The van der Waals surface area contributed by atoms with Crippen LogP contribution in [0.2, 0.25) is 0 Å². The van der Waals surface area contributed by atoms with Crippen LogP contribution in [0.25, 0.3) is 5.57 Å². The molecule has 0 aromatic heterocycles. The Bertz CT molecular complexity index is 1450. The molecule has 0 bridgehead atoms. The van der Waals surface area contributed by atoms with Crippen LogP contribution in [0.1, 0.15) is 38.3 Å². The highest BCUT2D eigenvalue weighted by molar-refractivity contribution is 9.10. The highest BCUT2D eigenvalue weighted by Gasteiger charge is 2.35. The number of hydrogen-bond acceptors (Lipinski definition) is 7. The average molecular weight is 545 g/mol. The number of fused-ring (bicyclic) bond motifs is 3. The first kappa shape index (κ1) is 22.5. The zero-order chi connectivity index (χ0) is 24.8. The lowest BCUT2D eigenvalue weighted by Gasteiger charge is -2.13. The van der Waals surface area contributed by atoms with E-state index in [1.807, 2.05) is 42.5 Å².